The molecule has 1 aromatic carbocycles. The lowest BCUT2D eigenvalue weighted by molar-refractivity contribution is -0.00000675. The maximum atomic E-state index is 4.99. The monoisotopic (exact) mass is 579 g/mol. The molecule has 1 aliphatic carbocycles. The molecule has 1 aliphatic heterocycles. The second-order valence-electron chi connectivity index (χ2n) is 8.91. The summed E-state index contributed by atoms with van der Waals surface area (Å²) in [6, 6.07) is 13.7. The van der Waals surface area contributed by atoms with Crippen LogP contribution >= 0.6 is 11.3 Å². The molecule has 33 heavy (non-hydrogen) atoms. The zero-order valence-corrected chi connectivity index (χ0v) is 24.1. The van der Waals surface area contributed by atoms with Crippen LogP contribution in [0.25, 0.3) is 20.8 Å². The number of hydrogen-bond donors (Lipinski definition) is 0. The van der Waals surface area contributed by atoms with Gasteiger partial charge in [0.1, 0.15) is 13.1 Å². The molecule has 0 atom stereocenters. The Balaban J connectivity index is 0.00000385. The predicted molar refractivity (Wildman–Crippen MR) is 143 cm³/mol. The Morgan fingerprint density at radius 3 is 2.06 bits per heavy atom. The molecule has 5 heteroatoms. The van der Waals surface area contributed by atoms with Crippen molar-refractivity contribution in [2.24, 2.45) is 0 Å². The van der Waals surface area contributed by atoms with Crippen LogP contribution in [-0.2, 0) is 0 Å². The maximum absolute atomic E-state index is 4.99. The summed E-state index contributed by atoms with van der Waals surface area (Å²) in [5.74, 6) is 0. The minimum absolute atomic E-state index is 0. The van der Waals surface area contributed by atoms with Crippen LogP contribution in [0.3, 0.4) is 0 Å². The van der Waals surface area contributed by atoms with Crippen LogP contribution < -0.4 is 38.8 Å². The van der Waals surface area contributed by atoms with Crippen molar-refractivity contribution in [3.05, 3.63) is 41.8 Å². The molecule has 1 aromatic rings. The van der Waals surface area contributed by atoms with Gasteiger partial charge < -0.3 is 28.9 Å². The molecule has 0 bridgehead atoms. The van der Waals surface area contributed by atoms with Gasteiger partial charge in [-0.1, -0.05) is 53.4 Å². The molecule has 182 valence electrons. The molecule has 0 saturated carbocycles. The quantitative estimate of drug-likeness (QED) is 0.131. The van der Waals surface area contributed by atoms with Crippen LogP contribution in [0.2, 0.25) is 0 Å². The van der Waals surface area contributed by atoms with Crippen LogP contribution in [0.1, 0.15) is 79.1 Å². The van der Waals surface area contributed by atoms with E-state index in [2.05, 4.69) is 73.6 Å². The van der Waals surface area contributed by atoms with Gasteiger partial charge >= 0.3 is 0 Å². The highest BCUT2D eigenvalue weighted by atomic mass is 127. The molecule has 0 fully saturated rings. The Kier molecular flexibility index (Phi) is 12.7. The number of benzene rings is 2. The number of hydrogen-bond acceptors (Lipinski definition) is 3. The molecular weight excluding hydrogens is 537 g/mol. The van der Waals surface area contributed by atoms with E-state index in [0.29, 0.717) is 0 Å². The van der Waals surface area contributed by atoms with Crippen LogP contribution in [0.5, 0.6) is 0 Å². The summed E-state index contributed by atoms with van der Waals surface area (Å²) in [6.45, 7) is 13.6. The van der Waals surface area contributed by atoms with E-state index in [0.717, 1.165) is 37.4 Å². The fourth-order valence-corrected chi connectivity index (χ4v) is 5.41. The number of halogens is 1. The lowest BCUT2D eigenvalue weighted by Crippen LogP contribution is -3.00. The van der Waals surface area contributed by atoms with E-state index in [9.17, 15) is 0 Å². The second-order valence-corrected chi connectivity index (χ2v) is 9.99. The van der Waals surface area contributed by atoms with Crippen molar-refractivity contribution in [1.29, 1.82) is 0 Å². The van der Waals surface area contributed by atoms with Gasteiger partial charge in [-0.2, -0.15) is 0 Å². The minimum atomic E-state index is 0. The lowest BCUT2D eigenvalue weighted by Gasteiger charge is -2.25. The average molecular weight is 580 g/mol. The summed E-state index contributed by atoms with van der Waals surface area (Å²) in [5, 5.41) is 1.33. The fourth-order valence-electron chi connectivity index (χ4n) is 4.38. The topological polar surface area (TPSA) is 19.1 Å². The van der Waals surface area contributed by atoms with Crippen molar-refractivity contribution >= 4 is 27.2 Å². The highest BCUT2D eigenvalue weighted by Gasteiger charge is 2.13. The molecule has 0 aromatic heterocycles. The zero-order valence-electron chi connectivity index (χ0n) is 21.1. The molecule has 0 radical (unpaired) electrons. The Hall–Kier alpha value is -1.21. The van der Waals surface area contributed by atoms with Gasteiger partial charge in [0, 0.05) is 43.8 Å². The first-order valence-electron chi connectivity index (χ1n) is 12.9. The van der Waals surface area contributed by atoms with Crippen molar-refractivity contribution < 1.29 is 24.0 Å². The average Bonchev–Trinajstić information content (AvgIpc) is 2.81. The van der Waals surface area contributed by atoms with Gasteiger partial charge in [-0.3, -0.25) is 0 Å². The minimum Gasteiger partial charge on any atom is -1.00 e. The Labute approximate surface area is 222 Å². The van der Waals surface area contributed by atoms with Crippen molar-refractivity contribution in [3.8, 4) is 10.6 Å². The first-order chi connectivity index (χ1) is 15.7. The van der Waals surface area contributed by atoms with Gasteiger partial charge in [-0.05, 0) is 37.1 Å². The largest absolute Gasteiger partial charge is 1.00 e. The summed E-state index contributed by atoms with van der Waals surface area (Å²) < 4.78 is 3.80. The van der Waals surface area contributed by atoms with Gasteiger partial charge in [-0.15, -0.1) is 11.3 Å². The third-order valence-electron chi connectivity index (χ3n) is 6.13. The van der Waals surface area contributed by atoms with Gasteiger partial charge in [0.25, 0.3) is 0 Å². The molecule has 0 amide bonds. The SMILES string of the molecule is CCCCCN(CCCCC)c1ccc2nc3ccc(=[N+](CCC)CCC)cc-3sc2c1.[I-]. The third kappa shape index (κ3) is 7.91. The fraction of sp³-hybridized carbons (Fsp3) is 0.571. The first-order valence-corrected chi connectivity index (χ1v) is 13.7. The van der Waals surface area contributed by atoms with Crippen LogP contribution in [0.4, 0.5) is 5.69 Å². The van der Waals surface area contributed by atoms with Crippen molar-refractivity contribution in [3.63, 3.8) is 0 Å². The lowest BCUT2D eigenvalue weighted by atomic mass is 10.2. The van der Waals surface area contributed by atoms with Crippen LogP contribution in [0.15, 0.2) is 36.4 Å². The number of fused-ring (bicyclic) bond motifs is 2. The first kappa shape index (κ1) is 28.0. The van der Waals surface area contributed by atoms with E-state index in [1.807, 2.05) is 11.3 Å². The van der Waals surface area contributed by atoms with E-state index in [-0.39, 0.29) is 24.0 Å². The van der Waals surface area contributed by atoms with Crippen LogP contribution in [-0.4, -0.2) is 31.2 Å². The van der Waals surface area contributed by atoms with Gasteiger partial charge in [-0.25, -0.2) is 9.56 Å². The molecule has 0 spiro atoms. The molecule has 1 heterocycles. The molecule has 0 N–H and O–H groups in total. The van der Waals surface area contributed by atoms with Crippen molar-refractivity contribution in [2.75, 3.05) is 31.1 Å². The summed E-state index contributed by atoms with van der Waals surface area (Å²) in [6.07, 6.45) is 10.0. The van der Waals surface area contributed by atoms with E-state index in [4.69, 9.17) is 4.98 Å². The third-order valence-corrected chi connectivity index (χ3v) is 7.22. The molecule has 0 unspecified atom stereocenters. The maximum Gasteiger partial charge on any atom is 0.201 e. The highest BCUT2D eigenvalue weighted by molar-refractivity contribution is 7.21. The Bertz CT molecular complexity index is 995. The van der Waals surface area contributed by atoms with Gasteiger partial charge in [0.15, 0.2) is 0 Å². The molecule has 0 saturated heterocycles. The number of anilines is 1. The van der Waals surface area contributed by atoms with Crippen molar-refractivity contribution in [1.82, 2.24) is 9.56 Å². The van der Waals surface area contributed by atoms with Crippen LogP contribution in [0, 0.1) is 0 Å². The summed E-state index contributed by atoms with van der Waals surface area (Å²) in [4.78, 5) is 8.88. The summed E-state index contributed by atoms with van der Waals surface area (Å²) in [7, 11) is 0. The zero-order chi connectivity index (χ0) is 22.8. The second kappa shape index (κ2) is 14.9. The predicted octanol–water partition coefficient (Wildman–Crippen LogP) is 4.18. The van der Waals surface area contributed by atoms with E-state index in [1.54, 1.807) is 0 Å². The Morgan fingerprint density at radius 2 is 1.45 bits per heavy atom. The highest BCUT2D eigenvalue weighted by Crippen LogP contribution is 2.32. The summed E-state index contributed by atoms with van der Waals surface area (Å²) in [5.41, 5.74) is 3.58. The van der Waals surface area contributed by atoms with Gasteiger partial charge in [0.05, 0.1) is 20.8 Å². The molecule has 2 aliphatic rings. The number of unbranched alkanes of at least 4 members (excludes halogenated alkanes) is 4. The smallest absolute Gasteiger partial charge is 0.201 e. The van der Waals surface area contributed by atoms with Crippen molar-refractivity contribution in [2.45, 2.75) is 79.1 Å². The van der Waals surface area contributed by atoms with E-state index < -0.39 is 0 Å². The molecule has 3 rings (SSSR count). The summed E-state index contributed by atoms with van der Waals surface area (Å²) >= 11 is 1.89. The van der Waals surface area contributed by atoms with E-state index in [1.165, 1.54) is 72.0 Å². The normalized spacial score (nSPS) is 11.0. The molecular formula is C28H42IN3S. The number of nitrogens with zero attached hydrogens (tertiary/aromatic N) is 3. The number of aromatic nitrogens is 1. The van der Waals surface area contributed by atoms with Gasteiger partial charge in [0.2, 0.25) is 5.36 Å². The Morgan fingerprint density at radius 1 is 0.788 bits per heavy atom. The molecule has 3 nitrogen and oxygen atoms in total. The standard InChI is InChI=1S/C28H42N3S.HI/c1-5-9-11-19-31(20-12-10-6-2)24-14-16-26-28(22-24)32-27-21-23(13-15-25(27)29-26)30(17-7-3)18-8-4;/h13-16,21-22H,5-12,17-20H2,1-4H3;1H/q+1;/p-1. The number of rotatable bonds is 13. The van der Waals surface area contributed by atoms with E-state index >= 15 is 0 Å².